The van der Waals surface area contributed by atoms with Gasteiger partial charge in [-0.15, -0.1) is 11.3 Å². The molecule has 0 aliphatic rings. The van der Waals surface area contributed by atoms with Crippen LogP contribution in [-0.4, -0.2) is 14.7 Å². The van der Waals surface area contributed by atoms with Gasteiger partial charge in [-0.05, 0) is 30.2 Å². The molecule has 3 aromatic heterocycles. The molecule has 0 saturated carbocycles. The number of unbranched alkanes of at least 4 members (excludes halogenated alkanes) is 1. The lowest BCUT2D eigenvalue weighted by Gasteiger charge is -2.07. The second-order valence-electron chi connectivity index (χ2n) is 7.74. The highest BCUT2D eigenvalue weighted by molar-refractivity contribution is 7.16. The van der Waals surface area contributed by atoms with E-state index in [9.17, 15) is 13.2 Å². The molecule has 0 bridgehead atoms. The minimum absolute atomic E-state index is 0.0742. The molecule has 5 aromatic rings. The number of hydrogen-bond acceptors (Lipinski definition) is 4. The molecule has 0 aliphatic heterocycles. The first kappa shape index (κ1) is 21.5. The molecule has 3 heterocycles. The molecule has 0 saturated heterocycles. The number of aromatic nitrogens is 3. The summed E-state index contributed by atoms with van der Waals surface area (Å²) in [6.45, 7) is 3.06. The minimum atomic E-state index is -4.48. The van der Waals surface area contributed by atoms with Crippen molar-refractivity contribution < 1.29 is 17.7 Å². The SMILES string of the molecule is CCCCn1ccc2c(-c3noc(-c4cc(-c5ccccc5)c(C(F)(F)F)s4)n3)cccc21. The molecule has 0 amide bonds. The summed E-state index contributed by atoms with van der Waals surface area (Å²) in [7, 11) is 0. The summed E-state index contributed by atoms with van der Waals surface area (Å²) in [5, 5.41) is 5.07. The molecule has 2 aromatic carbocycles. The van der Waals surface area contributed by atoms with E-state index in [4.69, 9.17) is 4.52 Å². The van der Waals surface area contributed by atoms with Gasteiger partial charge in [0.1, 0.15) is 4.88 Å². The van der Waals surface area contributed by atoms with Gasteiger partial charge < -0.3 is 9.09 Å². The lowest BCUT2D eigenvalue weighted by Crippen LogP contribution is -2.03. The third kappa shape index (κ3) is 4.06. The molecular formula is C25H20F3N3OS. The minimum Gasteiger partial charge on any atom is -0.347 e. The van der Waals surface area contributed by atoms with Gasteiger partial charge in [-0.2, -0.15) is 18.2 Å². The van der Waals surface area contributed by atoms with Gasteiger partial charge in [-0.1, -0.05) is 61.0 Å². The summed E-state index contributed by atoms with van der Waals surface area (Å²) >= 11 is 0.614. The Kier molecular flexibility index (Phi) is 5.54. The van der Waals surface area contributed by atoms with E-state index in [0.717, 1.165) is 35.9 Å². The van der Waals surface area contributed by atoms with Crippen LogP contribution >= 0.6 is 11.3 Å². The molecule has 0 aliphatic carbocycles. The predicted molar refractivity (Wildman–Crippen MR) is 124 cm³/mol. The first-order valence-corrected chi connectivity index (χ1v) is 11.5. The fourth-order valence-electron chi connectivity index (χ4n) is 3.91. The van der Waals surface area contributed by atoms with E-state index in [1.807, 2.05) is 30.5 Å². The van der Waals surface area contributed by atoms with Crippen molar-refractivity contribution in [1.29, 1.82) is 0 Å². The Morgan fingerprint density at radius 2 is 1.82 bits per heavy atom. The number of halogens is 3. The molecule has 33 heavy (non-hydrogen) atoms. The maximum Gasteiger partial charge on any atom is 0.426 e. The van der Waals surface area contributed by atoms with Crippen LogP contribution in [0.1, 0.15) is 24.6 Å². The van der Waals surface area contributed by atoms with Gasteiger partial charge in [-0.25, -0.2) is 0 Å². The monoisotopic (exact) mass is 467 g/mol. The zero-order valence-electron chi connectivity index (χ0n) is 17.8. The van der Waals surface area contributed by atoms with Crippen LogP contribution in [0.25, 0.3) is 44.2 Å². The molecule has 0 fully saturated rings. The summed E-state index contributed by atoms with van der Waals surface area (Å²) < 4.78 is 48.8. The van der Waals surface area contributed by atoms with Crippen LogP contribution in [0.3, 0.4) is 0 Å². The van der Waals surface area contributed by atoms with Crippen LogP contribution in [0.2, 0.25) is 0 Å². The van der Waals surface area contributed by atoms with Crippen LogP contribution in [0.5, 0.6) is 0 Å². The van der Waals surface area contributed by atoms with Crippen molar-refractivity contribution in [2.75, 3.05) is 0 Å². The number of aryl methyl sites for hydroxylation is 1. The Balaban J connectivity index is 1.55. The number of alkyl halides is 3. The zero-order valence-corrected chi connectivity index (χ0v) is 18.6. The molecule has 168 valence electrons. The molecule has 0 unspecified atom stereocenters. The van der Waals surface area contributed by atoms with Gasteiger partial charge in [0.15, 0.2) is 0 Å². The van der Waals surface area contributed by atoms with E-state index >= 15 is 0 Å². The predicted octanol–water partition coefficient (Wildman–Crippen LogP) is 7.91. The van der Waals surface area contributed by atoms with Crippen LogP contribution in [-0.2, 0) is 12.7 Å². The van der Waals surface area contributed by atoms with E-state index in [1.165, 1.54) is 6.07 Å². The van der Waals surface area contributed by atoms with Gasteiger partial charge in [0, 0.05) is 34.8 Å². The van der Waals surface area contributed by atoms with Crippen LogP contribution in [0.4, 0.5) is 13.2 Å². The number of rotatable bonds is 6. The van der Waals surface area contributed by atoms with Gasteiger partial charge in [0.25, 0.3) is 5.89 Å². The number of fused-ring (bicyclic) bond motifs is 1. The van der Waals surface area contributed by atoms with Crippen molar-refractivity contribution >= 4 is 22.2 Å². The highest BCUT2D eigenvalue weighted by atomic mass is 32.1. The quantitative estimate of drug-likeness (QED) is 0.255. The third-order valence-electron chi connectivity index (χ3n) is 5.52. The summed E-state index contributed by atoms with van der Waals surface area (Å²) in [5.74, 6) is 0.428. The first-order valence-electron chi connectivity index (χ1n) is 10.6. The van der Waals surface area contributed by atoms with E-state index in [-0.39, 0.29) is 16.3 Å². The second-order valence-corrected chi connectivity index (χ2v) is 8.79. The molecule has 0 spiro atoms. The number of hydrogen-bond donors (Lipinski definition) is 0. The number of thiophene rings is 1. The Hall–Kier alpha value is -3.39. The topological polar surface area (TPSA) is 43.9 Å². The second kappa shape index (κ2) is 8.51. The van der Waals surface area contributed by atoms with Crippen molar-refractivity contribution in [2.45, 2.75) is 32.5 Å². The third-order valence-corrected chi connectivity index (χ3v) is 6.69. The van der Waals surface area contributed by atoms with Crippen molar-refractivity contribution in [3.8, 4) is 33.3 Å². The highest BCUT2D eigenvalue weighted by Gasteiger charge is 2.37. The van der Waals surface area contributed by atoms with Gasteiger partial charge in [-0.3, -0.25) is 0 Å². The van der Waals surface area contributed by atoms with Crippen LogP contribution < -0.4 is 0 Å². The molecule has 0 N–H and O–H groups in total. The summed E-state index contributed by atoms with van der Waals surface area (Å²) in [6, 6.07) is 17.9. The van der Waals surface area contributed by atoms with Crippen molar-refractivity contribution in [3.05, 3.63) is 71.7 Å². The lowest BCUT2D eigenvalue weighted by molar-refractivity contribution is -0.133. The number of benzene rings is 2. The Bertz CT molecular complexity index is 1400. The van der Waals surface area contributed by atoms with Gasteiger partial charge in [0.2, 0.25) is 5.82 Å². The standard InChI is InChI=1S/C25H20F3N3OS/c1-2-3-13-31-14-12-17-18(10-7-11-20(17)31)23-29-24(32-30-23)21-15-19(16-8-5-4-6-9-16)22(33-21)25(26,27)28/h4-12,14-15H,2-3,13H2,1H3. The molecule has 4 nitrogen and oxygen atoms in total. The molecule has 0 radical (unpaired) electrons. The summed E-state index contributed by atoms with van der Waals surface area (Å²) in [4.78, 5) is 4.06. The summed E-state index contributed by atoms with van der Waals surface area (Å²) in [6.07, 6.45) is -0.279. The number of nitrogens with zero attached hydrogens (tertiary/aromatic N) is 3. The average molecular weight is 468 g/mol. The maximum atomic E-state index is 13.7. The lowest BCUT2D eigenvalue weighted by atomic mass is 10.1. The van der Waals surface area contributed by atoms with E-state index in [1.54, 1.807) is 30.3 Å². The molecule has 5 rings (SSSR count). The molecule has 8 heteroatoms. The van der Waals surface area contributed by atoms with Gasteiger partial charge in [0.05, 0.1) is 4.88 Å². The van der Waals surface area contributed by atoms with Gasteiger partial charge >= 0.3 is 6.18 Å². The van der Waals surface area contributed by atoms with Crippen molar-refractivity contribution in [1.82, 2.24) is 14.7 Å². The highest BCUT2D eigenvalue weighted by Crippen LogP contribution is 2.45. The Labute approximate surface area is 192 Å². The fourth-order valence-corrected chi connectivity index (χ4v) is 4.88. The Morgan fingerprint density at radius 3 is 2.58 bits per heavy atom. The average Bonchev–Trinajstić information content (AvgIpc) is 3.55. The Morgan fingerprint density at radius 1 is 1.00 bits per heavy atom. The van der Waals surface area contributed by atoms with Crippen molar-refractivity contribution in [3.63, 3.8) is 0 Å². The summed E-state index contributed by atoms with van der Waals surface area (Å²) in [5.41, 5.74) is 2.45. The van der Waals surface area contributed by atoms with E-state index in [0.29, 0.717) is 22.7 Å². The zero-order chi connectivity index (χ0) is 23.0. The normalized spacial score (nSPS) is 12.0. The maximum absolute atomic E-state index is 13.7. The smallest absolute Gasteiger partial charge is 0.347 e. The molecule has 0 atom stereocenters. The van der Waals surface area contributed by atoms with Crippen molar-refractivity contribution in [2.24, 2.45) is 0 Å². The van der Waals surface area contributed by atoms with E-state index < -0.39 is 11.1 Å². The van der Waals surface area contributed by atoms with Crippen LogP contribution in [0.15, 0.2) is 71.4 Å². The van der Waals surface area contributed by atoms with E-state index in [2.05, 4.69) is 21.6 Å². The fraction of sp³-hybridized carbons (Fsp3) is 0.200. The largest absolute Gasteiger partial charge is 0.426 e. The van der Waals surface area contributed by atoms with Crippen LogP contribution in [0, 0.1) is 0 Å². The first-order chi connectivity index (χ1) is 16.0. The molecular weight excluding hydrogens is 447 g/mol.